The van der Waals surface area contributed by atoms with E-state index in [0.29, 0.717) is 0 Å². The molecule has 0 aromatic heterocycles. The maximum atomic E-state index is 12.0. The first-order valence-corrected chi connectivity index (χ1v) is 4.34. The minimum absolute atomic E-state index is 0.504. The number of carbonyl (C=O) groups is 1. The molecule has 0 aromatic carbocycles. The van der Waals surface area contributed by atoms with Crippen LogP contribution in [0.25, 0.3) is 0 Å². The predicted octanol–water partition coefficient (Wildman–Crippen LogP) is 1.24. The summed E-state index contributed by atoms with van der Waals surface area (Å²) in [5.41, 5.74) is -1.59. The average molecular weight is 247 g/mol. The van der Waals surface area contributed by atoms with Crippen LogP contribution in [0.3, 0.4) is 0 Å². The van der Waals surface area contributed by atoms with Crippen LogP contribution < -0.4 is 5.32 Å². The number of halogens is 4. The van der Waals surface area contributed by atoms with E-state index in [2.05, 4.69) is 5.32 Å². The van der Waals surface area contributed by atoms with Crippen LogP contribution in [0.15, 0.2) is 0 Å². The van der Waals surface area contributed by atoms with E-state index in [0.717, 1.165) is 0 Å². The van der Waals surface area contributed by atoms with Crippen molar-refractivity contribution < 1.29 is 23.1 Å². The lowest BCUT2D eigenvalue weighted by molar-refractivity contribution is -0.136. The van der Waals surface area contributed by atoms with Gasteiger partial charge < -0.3 is 10.4 Å². The number of hydrogen-bond donors (Lipinski definition) is 3. The van der Waals surface area contributed by atoms with Crippen LogP contribution in [0.2, 0.25) is 0 Å². The SMILES string of the molecule is CC(NCC(=O)O)C(Cl)C(=N)C(F)(F)F. The molecule has 0 spiro atoms. The number of aliphatic carboxylic acids is 1. The number of nitrogens with one attached hydrogen (secondary N) is 2. The van der Waals surface area contributed by atoms with Gasteiger partial charge in [0.25, 0.3) is 0 Å². The largest absolute Gasteiger partial charge is 0.480 e. The van der Waals surface area contributed by atoms with Gasteiger partial charge in [0, 0.05) is 6.04 Å². The van der Waals surface area contributed by atoms with E-state index < -0.39 is 35.8 Å². The van der Waals surface area contributed by atoms with Crippen molar-refractivity contribution in [2.45, 2.75) is 24.5 Å². The van der Waals surface area contributed by atoms with Gasteiger partial charge in [-0.2, -0.15) is 13.2 Å². The third kappa shape index (κ3) is 4.98. The highest BCUT2D eigenvalue weighted by atomic mass is 35.5. The zero-order chi connectivity index (χ0) is 12.2. The Bertz CT molecular complexity index is 257. The Morgan fingerprint density at radius 1 is 1.60 bits per heavy atom. The molecule has 0 saturated heterocycles. The Hall–Kier alpha value is -0.820. The third-order valence-electron chi connectivity index (χ3n) is 1.60. The predicted molar refractivity (Wildman–Crippen MR) is 48.5 cm³/mol. The molecular formula is C7H10ClF3N2O2. The molecule has 3 N–H and O–H groups in total. The Labute approximate surface area is 88.9 Å². The van der Waals surface area contributed by atoms with Crippen LogP contribution in [0.4, 0.5) is 13.2 Å². The molecule has 0 heterocycles. The molecular weight excluding hydrogens is 237 g/mol. The molecule has 0 aliphatic carbocycles. The highest BCUT2D eigenvalue weighted by molar-refractivity contribution is 6.33. The van der Waals surface area contributed by atoms with E-state index >= 15 is 0 Å². The highest BCUT2D eigenvalue weighted by Crippen LogP contribution is 2.22. The Balaban J connectivity index is 4.26. The Morgan fingerprint density at radius 3 is 2.40 bits per heavy atom. The molecule has 8 heteroatoms. The van der Waals surface area contributed by atoms with E-state index in [9.17, 15) is 18.0 Å². The van der Waals surface area contributed by atoms with Crippen LogP contribution in [-0.4, -0.2) is 40.9 Å². The van der Waals surface area contributed by atoms with Gasteiger partial charge in [-0.15, -0.1) is 11.6 Å². The molecule has 15 heavy (non-hydrogen) atoms. The minimum Gasteiger partial charge on any atom is -0.480 e. The zero-order valence-corrected chi connectivity index (χ0v) is 8.49. The van der Waals surface area contributed by atoms with Gasteiger partial charge >= 0.3 is 12.1 Å². The number of alkyl halides is 4. The summed E-state index contributed by atoms with van der Waals surface area (Å²) in [7, 11) is 0. The molecule has 88 valence electrons. The van der Waals surface area contributed by atoms with E-state index in [1.165, 1.54) is 6.92 Å². The maximum Gasteiger partial charge on any atom is 0.430 e. The van der Waals surface area contributed by atoms with Crippen molar-refractivity contribution in [1.82, 2.24) is 5.32 Å². The minimum atomic E-state index is -4.79. The normalized spacial score (nSPS) is 15.8. The maximum absolute atomic E-state index is 12.0. The molecule has 0 amide bonds. The summed E-state index contributed by atoms with van der Waals surface area (Å²) >= 11 is 5.35. The number of carboxylic acids is 1. The van der Waals surface area contributed by atoms with Crippen molar-refractivity contribution in [3.63, 3.8) is 0 Å². The summed E-state index contributed by atoms with van der Waals surface area (Å²) in [5, 5.41) is 15.6. The third-order valence-corrected chi connectivity index (χ3v) is 2.19. The fourth-order valence-electron chi connectivity index (χ4n) is 0.758. The van der Waals surface area contributed by atoms with Crippen LogP contribution in [0.1, 0.15) is 6.92 Å². The molecule has 4 nitrogen and oxygen atoms in total. The van der Waals surface area contributed by atoms with Crippen molar-refractivity contribution in [1.29, 1.82) is 5.41 Å². The second kappa shape index (κ2) is 5.32. The molecule has 0 fully saturated rings. The van der Waals surface area contributed by atoms with E-state index in [1.807, 2.05) is 0 Å². The van der Waals surface area contributed by atoms with Crippen molar-refractivity contribution >= 4 is 23.3 Å². The lowest BCUT2D eigenvalue weighted by atomic mass is 10.1. The fraction of sp³-hybridized carbons (Fsp3) is 0.714. The van der Waals surface area contributed by atoms with Gasteiger partial charge in [-0.05, 0) is 6.92 Å². The second-order valence-corrected chi connectivity index (χ2v) is 3.35. The number of rotatable bonds is 5. The smallest absolute Gasteiger partial charge is 0.430 e. The van der Waals surface area contributed by atoms with E-state index in [1.54, 1.807) is 0 Å². The molecule has 0 rings (SSSR count). The molecule has 2 unspecified atom stereocenters. The summed E-state index contributed by atoms with van der Waals surface area (Å²) in [4.78, 5) is 10.1. The topological polar surface area (TPSA) is 73.2 Å². The summed E-state index contributed by atoms with van der Waals surface area (Å²) < 4.78 is 36.0. The van der Waals surface area contributed by atoms with E-state index in [4.69, 9.17) is 22.1 Å². The molecule has 0 aliphatic rings. The monoisotopic (exact) mass is 246 g/mol. The highest BCUT2D eigenvalue weighted by Gasteiger charge is 2.40. The van der Waals surface area contributed by atoms with Crippen LogP contribution >= 0.6 is 11.6 Å². The first-order valence-electron chi connectivity index (χ1n) is 3.91. The van der Waals surface area contributed by atoms with Gasteiger partial charge in [0.2, 0.25) is 0 Å². The van der Waals surface area contributed by atoms with Gasteiger partial charge in [-0.3, -0.25) is 10.2 Å². The first kappa shape index (κ1) is 14.2. The molecule has 0 aromatic rings. The molecule has 2 atom stereocenters. The quantitative estimate of drug-likeness (QED) is 0.505. The van der Waals surface area contributed by atoms with Gasteiger partial charge in [-0.25, -0.2) is 0 Å². The van der Waals surface area contributed by atoms with Gasteiger partial charge in [0.05, 0.1) is 11.9 Å². The van der Waals surface area contributed by atoms with E-state index in [-0.39, 0.29) is 0 Å². The summed E-state index contributed by atoms with van der Waals surface area (Å²) in [6.07, 6.45) is -4.79. The summed E-state index contributed by atoms with van der Waals surface area (Å²) in [6.45, 7) is 0.774. The molecule has 0 bridgehead atoms. The van der Waals surface area contributed by atoms with Gasteiger partial charge in [-0.1, -0.05) is 0 Å². The fourth-order valence-corrected chi connectivity index (χ4v) is 0.971. The Kier molecular flexibility index (Phi) is 5.02. The molecule has 0 saturated carbocycles. The second-order valence-electron chi connectivity index (χ2n) is 2.88. The van der Waals surface area contributed by atoms with Crippen molar-refractivity contribution in [2.75, 3.05) is 6.54 Å². The average Bonchev–Trinajstić information content (AvgIpc) is 2.10. The standard InChI is InChI=1S/C7H10ClF3N2O2/c1-3(13-2-4(14)15)5(8)6(12)7(9,10)11/h3,5,12-13H,2H2,1H3,(H,14,15). The summed E-state index contributed by atoms with van der Waals surface area (Å²) in [6, 6.07) is -0.947. The molecule has 0 radical (unpaired) electrons. The van der Waals surface area contributed by atoms with Crippen LogP contribution in [0.5, 0.6) is 0 Å². The number of hydrogen-bond acceptors (Lipinski definition) is 3. The lowest BCUT2D eigenvalue weighted by Gasteiger charge is -2.20. The van der Waals surface area contributed by atoms with Crippen LogP contribution in [0, 0.1) is 5.41 Å². The Morgan fingerprint density at radius 2 is 2.07 bits per heavy atom. The van der Waals surface area contributed by atoms with Crippen molar-refractivity contribution in [3.8, 4) is 0 Å². The lowest BCUT2D eigenvalue weighted by Crippen LogP contribution is -2.45. The van der Waals surface area contributed by atoms with Crippen molar-refractivity contribution in [2.24, 2.45) is 0 Å². The number of carboxylic acid groups (broad SMARTS) is 1. The van der Waals surface area contributed by atoms with Gasteiger partial charge in [0.1, 0.15) is 5.71 Å². The van der Waals surface area contributed by atoms with Crippen molar-refractivity contribution in [3.05, 3.63) is 0 Å². The first-order chi connectivity index (χ1) is 6.66. The van der Waals surface area contributed by atoms with Gasteiger partial charge in [0.15, 0.2) is 0 Å². The van der Waals surface area contributed by atoms with Crippen LogP contribution in [-0.2, 0) is 4.79 Å². The zero-order valence-electron chi connectivity index (χ0n) is 7.73. The molecule has 0 aliphatic heterocycles. The summed E-state index contributed by atoms with van der Waals surface area (Å²) in [5.74, 6) is -1.20.